The lowest BCUT2D eigenvalue weighted by Gasteiger charge is -2.27. The fourth-order valence-electron chi connectivity index (χ4n) is 2.89. The maximum Gasteiger partial charge on any atom is 0.490 e. The number of hydrogen-bond acceptors (Lipinski definition) is 4. The molecule has 0 spiro atoms. The van der Waals surface area contributed by atoms with E-state index in [1.54, 1.807) is 0 Å². The first kappa shape index (κ1) is 20.7. The molecule has 2 aliphatic rings. The van der Waals surface area contributed by atoms with Crippen LogP contribution in [-0.4, -0.2) is 51.1 Å². The topological polar surface area (TPSA) is 67.6 Å². The third-order valence-corrected chi connectivity index (χ3v) is 4.42. The van der Waals surface area contributed by atoms with Crippen molar-refractivity contribution in [3.05, 3.63) is 17.0 Å². The molecular formula is C17H26F3N3O3. The van der Waals surface area contributed by atoms with Crippen LogP contribution in [-0.2, 0) is 36.2 Å². The number of carboxylic acid groups (broad SMARTS) is 1. The number of ether oxygens (including phenoxy) is 1. The lowest BCUT2D eigenvalue weighted by molar-refractivity contribution is -0.192. The van der Waals surface area contributed by atoms with E-state index in [2.05, 4.69) is 35.6 Å². The highest BCUT2D eigenvalue weighted by molar-refractivity contribution is 5.73. The standard InChI is InChI=1S/C15H25N3O.C2HF3O2/c1-11(2)19-10-14-13-6-7-18(8-12-4-5-12)9-15(13)17(3)16-14;3-2(4,5)1(6)7/h11-12H,4-10H2,1-3H3;(H,6,7). The average Bonchev–Trinajstić information content (AvgIpc) is 3.29. The largest absolute Gasteiger partial charge is 0.490 e. The molecule has 1 N–H and O–H groups in total. The van der Waals surface area contributed by atoms with Gasteiger partial charge in [0, 0.05) is 32.2 Å². The number of alkyl halides is 3. The fraction of sp³-hybridized carbons (Fsp3) is 0.765. The van der Waals surface area contributed by atoms with Crippen molar-refractivity contribution in [3.63, 3.8) is 0 Å². The van der Waals surface area contributed by atoms with Gasteiger partial charge in [-0.25, -0.2) is 4.79 Å². The van der Waals surface area contributed by atoms with Gasteiger partial charge in [-0.3, -0.25) is 9.58 Å². The highest BCUT2D eigenvalue weighted by Gasteiger charge is 2.38. The van der Waals surface area contributed by atoms with E-state index in [9.17, 15) is 13.2 Å². The molecule has 6 nitrogen and oxygen atoms in total. The Morgan fingerprint density at radius 2 is 2.00 bits per heavy atom. The minimum atomic E-state index is -5.08. The van der Waals surface area contributed by atoms with Crippen molar-refractivity contribution < 1.29 is 27.8 Å². The highest BCUT2D eigenvalue weighted by atomic mass is 19.4. The molecule has 0 aromatic carbocycles. The number of aliphatic carboxylic acids is 1. The second kappa shape index (κ2) is 8.39. The molecule has 1 aromatic rings. The van der Waals surface area contributed by atoms with Crippen LogP contribution in [0, 0.1) is 5.92 Å². The summed E-state index contributed by atoms with van der Waals surface area (Å²) in [5.41, 5.74) is 3.99. The zero-order chi connectivity index (χ0) is 19.5. The number of rotatable bonds is 5. The third kappa shape index (κ3) is 5.98. The first-order valence-electron chi connectivity index (χ1n) is 8.75. The molecule has 0 atom stereocenters. The van der Waals surface area contributed by atoms with Crippen molar-refractivity contribution >= 4 is 5.97 Å². The molecule has 0 saturated heterocycles. The van der Waals surface area contributed by atoms with Crippen LogP contribution in [0.25, 0.3) is 0 Å². The molecule has 1 saturated carbocycles. The predicted octanol–water partition coefficient (Wildman–Crippen LogP) is 2.75. The van der Waals surface area contributed by atoms with E-state index in [1.165, 1.54) is 37.2 Å². The summed E-state index contributed by atoms with van der Waals surface area (Å²) in [6, 6.07) is 0. The van der Waals surface area contributed by atoms with Crippen LogP contribution in [0.5, 0.6) is 0 Å². The molecule has 0 radical (unpaired) electrons. The smallest absolute Gasteiger partial charge is 0.475 e. The third-order valence-electron chi connectivity index (χ3n) is 4.42. The summed E-state index contributed by atoms with van der Waals surface area (Å²) >= 11 is 0. The van der Waals surface area contributed by atoms with Crippen LogP contribution >= 0.6 is 0 Å². The van der Waals surface area contributed by atoms with Gasteiger partial charge in [0.2, 0.25) is 0 Å². The second-order valence-corrected chi connectivity index (χ2v) is 7.09. The van der Waals surface area contributed by atoms with E-state index < -0.39 is 12.1 Å². The molecule has 0 unspecified atom stereocenters. The van der Waals surface area contributed by atoms with E-state index in [-0.39, 0.29) is 6.10 Å². The van der Waals surface area contributed by atoms with Crippen LogP contribution in [0.3, 0.4) is 0 Å². The molecule has 148 valence electrons. The molecule has 26 heavy (non-hydrogen) atoms. The van der Waals surface area contributed by atoms with Crippen molar-refractivity contribution in [2.75, 3.05) is 13.1 Å². The molecule has 2 heterocycles. The Morgan fingerprint density at radius 1 is 1.38 bits per heavy atom. The summed E-state index contributed by atoms with van der Waals surface area (Å²) in [5.74, 6) is -1.79. The molecule has 1 aromatic heterocycles. The quantitative estimate of drug-likeness (QED) is 0.855. The van der Waals surface area contributed by atoms with Gasteiger partial charge in [0.15, 0.2) is 0 Å². The van der Waals surface area contributed by atoms with Gasteiger partial charge < -0.3 is 9.84 Å². The Labute approximate surface area is 150 Å². The number of hydrogen-bond donors (Lipinski definition) is 1. The van der Waals surface area contributed by atoms with Crippen LogP contribution in [0.15, 0.2) is 0 Å². The zero-order valence-electron chi connectivity index (χ0n) is 15.3. The van der Waals surface area contributed by atoms with E-state index in [0.717, 1.165) is 24.6 Å². The molecule has 1 fully saturated rings. The van der Waals surface area contributed by atoms with Gasteiger partial charge in [-0.05, 0) is 39.0 Å². The van der Waals surface area contributed by atoms with Gasteiger partial charge in [-0.2, -0.15) is 18.3 Å². The highest BCUT2D eigenvalue weighted by Crippen LogP contribution is 2.32. The van der Waals surface area contributed by atoms with E-state index in [0.29, 0.717) is 6.61 Å². The van der Waals surface area contributed by atoms with E-state index in [4.69, 9.17) is 14.6 Å². The Hall–Kier alpha value is -1.61. The van der Waals surface area contributed by atoms with Gasteiger partial charge in [0.05, 0.1) is 24.1 Å². The lowest BCUT2D eigenvalue weighted by atomic mass is 10.0. The van der Waals surface area contributed by atoms with Gasteiger partial charge >= 0.3 is 12.1 Å². The fourth-order valence-corrected chi connectivity index (χ4v) is 2.89. The number of nitrogens with zero attached hydrogens (tertiary/aromatic N) is 3. The van der Waals surface area contributed by atoms with Crippen molar-refractivity contribution in [3.8, 4) is 0 Å². The van der Waals surface area contributed by atoms with Crippen LogP contribution < -0.4 is 0 Å². The summed E-state index contributed by atoms with van der Waals surface area (Å²) in [5, 5.41) is 11.8. The minimum Gasteiger partial charge on any atom is -0.475 e. The normalized spacial score (nSPS) is 17.7. The Kier molecular flexibility index (Phi) is 6.68. The minimum absolute atomic E-state index is 0.271. The number of aromatic nitrogens is 2. The van der Waals surface area contributed by atoms with Gasteiger partial charge in [0.1, 0.15) is 0 Å². The average molecular weight is 377 g/mol. The first-order valence-corrected chi connectivity index (χ1v) is 8.75. The van der Waals surface area contributed by atoms with Crippen LogP contribution in [0.4, 0.5) is 13.2 Å². The number of aryl methyl sites for hydroxylation is 1. The maximum atomic E-state index is 10.6. The van der Waals surface area contributed by atoms with Crippen molar-refractivity contribution in [1.82, 2.24) is 14.7 Å². The molecule has 1 aliphatic carbocycles. The summed E-state index contributed by atoms with van der Waals surface area (Å²) in [6.45, 7) is 8.34. The number of carbonyl (C=O) groups is 1. The number of carboxylic acids is 1. The molecular weight excluding hydrogens is 351 g/mol. The van der Waals surface area contributed by atoms with Gasteiger partial charge in [-0.1, -0.05) is 0 Å². The van der Waals surface area contributed by atoms with Crippen LogP contribution in [0.1, 0.15) is 43.6 Å². The lowest BCUT2D eigenvalue weighted by Crippen LogP contribution is -2.33. The molecule has 1 aliphatic heterocycles. The molecule has 0 amide bonds. The Bertz CT molecular complexity index is 625. The Morgan fingerprint density at radius 3 is 2.50 bits per heavy atom. The second-order valence-electron chi connectivity index (χ2n) is 7.09. The molecule has 9 heteroatoms. The molecule has 3 rings (SSSR count). The first-order chi connectivity index (χ1) is 12.1. The van der Waals surface area contributed by atoms with Crippen molar-refractivity contribution in [2.45, 2.75) is 58.5 Å². The van der Waals surface area contributed by atoms with Gasteiger partial charge in [0.25, 0.3) is 0 Å². The summed E-state index contributed by atoms with van der Waals surface area (Å²) in [4.78, 5) is 11.5. The summed E-state index contributed by atoms with van der Waals surface area (Å²) in [6.07, 6.45) is -0.815. The maximum absolute atomic E-state index is 10.6. The SMILES string of the molecule is CC(C)OCc1nn(C)c2c1CCN(CC1CC1)C2.O=C(O)C(F)(F)F. The van der Waals surface area contributed by atoms with Crippen molar-refractivity contribution in [2.24, 2.45) is 13.0 Å². The van der Waals surface area contributed by atoms with Crippen molar-refractivity contribution in [1.29, 1.82) is 0 Å². The molecule has 0 bridgehead atoms. The Balaban J connectivity index is 0.000000298. The predicted molar refractivity (Wildman–Crippen MR) is 88.5 cm³/mol. The summed E-state index contributed by atoms with van der Waals surface area (Å²) < 4.78 is 39.5. The van der Waals surface area contributed by atoms with Crippen LogP contribution in [0.2, 0.25) is 0 Å². The van der Waals surface area contributed by atoms with E-state index >= 15 is 0 Å². The van der Waals surface area contributed by atoms with Gasteiger partial charge in [-0.15, -0.1) is 0 Å². The monoisotopic (exact) mass is 377 g/mol. The van der Waals surface area contributed by atoms with E-state index in [1.807, 2.05) is 0 Å². The number of fused-ring (bicyclic) bond motifs is 1. The number of halogens is 3. The zero-order valence-corrected chi connectivity index (χ0v) is 15.3. The summed E-state index contributed by atoms with van der Waals surface area (Å²) in [7, 11) is 2.07.